The maximum absolute atomic E-state index is 11.2. The highest BCUT2D eigenvalue weighted by molar-refractivity contribution is 6.40. The first-order valence-corrected chi connectivity index (χ1v) is 6.59. The smallest absolute Gasteiger partial charge is 0.451 e. The van der Waals surface area contributed by atoms with E-state index in [0.717, 1.165) is 0 Å². The molecule has 116 valence electrons. The second-order valence-corrected chi connectivity index (χ2v) is 4.86. The Balaban J connectivity index is 3.99. The highest BCUT2D eigenvalue weighted by Crippen LogP contribution is 2.19. The van der Waals surface area contributed by atoms with Gasteiger partial charge < -0.3 is 31.3 Å². The summed E-state index contributed by atoms with van der Waals surface area (Å²) in [7, 11) is -1.38. The Kier molecular flexibility index (Phi) is 9.14. The molecule has 0 aromatic heterocycles. The number of nitrogens with two attached hydrogens (primary N) is 1. The van der Waals surface area contributed by atoms with Crippen molar-refractivity contribution in [2.24, 2.45) is 5.73 Å². The minimum Gasteiger partial charge on any atom is -0.480 e. The van der Waals surface area contributed by atoms with E-state index in [-0.39, 0.29) is 25.7 Å². The fraction of sp³-hybridized carbons (Fsp3) is 0.818. The molecular weight excluding hydrogens is 267 g/mol. The van der Waals surface area contributed by atoms with Crippen molar-refractivity contribution in [1.82, 2.24) is 5.32 Å². The third-order valence-corrected chi connectivity index (χ3v) is 3.01. The molecule has 0 fully saturated rings. The van der Waals surface area contributed by atoms with Crippen molar-refractivity contribution < 1.29 is 29.9 Å². The van der Waals surface area contributed by atoms with Crippen molar-refractivity contribution in [1.29, 1.82) is 0 Å². The van der Waals surface area contributed by atoms with Crippen LogP contribution in [-0.4, -0.2) is 57.9 Å². The van der Waals surface area contributed by atoms with Crippen LogP contribution in [0.4, 0.5) is 0 Å². The first-order chi connectivity index (χ1) is 9.28. The summed E-state index contributed by atoms with van der Waals surface area (Å²) in [4.78, 5) is 21.5. The lowest BCUT2D eigenvalue weighted by atomic mass is 9.81. The molecule has 9 heteroatoms. The van der Waals surface area contributed by atoms with E-state index in [9.17, 15) is 9.59 Å². The van der Waals surface area contributed by atoms with Crippen LogP contribution in [0.25, 0.3) is 0 Å². The topological polar surface area (TPSA) is 153 Å². The van der Waals surface area contributed by atoms with Gasteiger partial charge >= 0.3 is 19.1 Å². The molecule has 0 aliphatic heterocycles. The standard InChI is InChI=1S/C11H23BN2O6/c13-11(10(17)18,4-1-2-6-12(19)20)5-3-7-14-8-9(15)16/h14,19-20H,1-8,13H2,(H,15,16)(H,17,18). The minimum absolute atomic E-state index is 0.168. The lowest BCUT2D eigenvalue weighted by molar-refractivity contribution is -0.144. The van der Waals surface area contributed by atoms with Crippen LogP contribution >= 0.6 is 0 Å². The summed E-state index contributed by atoms with van der Waals surface area (Å²) in [5.41, 5.74) is 4.48. The van der Waals surface area contributed by atoms with E-state index in [4.69, 9.17) is 26.0 Å². The number of unbranched alkanes of at least 4 members (excludes halogenated alkanes) is 1. The van der Waals surface area contributed by atoms with E-state index >= 15 is 0 Å². The molecule has 0 amide bonds. The Morgan fingerprint density at radius 2 is 1.70 bits per heavy atom. The van der Waals surface area contributed by atoms with Crippen molar-refractivity contribution in [2.45, 2.75) is 44.0 Å². The van der Waals surface area contributed by atoms with Crippen molar-refractivity contribution >= 4 is 19.1 Å². The van der Waals surface area contributed by atoms with Gasteiger partial charge in [-0.05, 0) is 32.1 Å². The van der Waals surface area contributed by atoms with Crippen LogP contribution in [0.5, 0.6) is 0 Å². The number of hydrogen-bond acceptors (Lipinski definition) is 6. The van der Waals surface area contributed by atoms with E-state index in [1.54, 1.807) is 0 Å². The average Bonchev–Trinajstić information content (AvgIpc) is 2.33. The molecule has 0 aliphatic rings. The maximum Gasteiger partial charge on any atom is 0.451 e. The Morgan fingerprint density at radius 1 is 1.10 bits per heavy atom. The van der Waals surface area contributed by atoms with Crippen LogP contribution in [0, 0.1) is 0 Å². The van der Waals surface area contributed by atoms with Crippen molar-refractivity contribution in [3.05, 3.63) is 0 Å². The van der Waals surface area contributed by atoms with E-state index < -0.39 is 24.6 Å². The van der Waals surface area contributed by atoms with Gasteiger partial charge in [-0.3, -0.25) is 9.59 Å². The summed E-state index contributed by atoms with van der Waals surface area (Å²) in [6.07, 6.45) is 2.10. The van der Waals surface area contributed by atoms with Crippen LogP contribution in [0.15, 0.2) is 0 Å². The zero-order valence-corrected chi connectivity index (χ0v) is 11.4. The molecule has 8 nitrogen and oxygen atoms in total. The van der Waals surface area contributed by atoms with Gasteiger partial charge in [-0.25, -0.2) is 0 Å². The predicted octanol–water partition coefficient (Wildman–Crippen LogP) is -1.13. The quantitative estimate of drug-likeness (QED) is 0.195. The van der Waals surface area contributed by atoms with Crippen molar-refractivity contribution in [3.63, 3.8) is 0 Å². The van der Waals surface area contributed by atoms with Gasteiger partial charge in [0.05, 0.1) is 6.54 Å². The van der Waals surface area contributed by atoms with Gasteiger partial charge in [-0.15, -0.1) is 0 Å². The molecule has 1 unspecified atom stereocenters. The predicted molar refractivity (Wildman–Crippen MR) is 73.1 cm³/mol. The molecule has 0 rings (SSSR count). The Morgan fingerprint density at radius 3 is 2.20 bits per heavy atom. The number of carboxylic acids is 2. The highest BCUT2D eigenvalue weighted by atomic mass is 16.4. The number of nitrogens with one attached hydrogen (secondary N) is 1. The molecule has 7 N–H and O–H groups in total. The fourth-order valence-corrected chi connectivity index (χ4v) is 1.83. The van der Waals surface area contributed by atoms with Gasteiger partial charge in [-0.1, -0.05) is 12.8 Å². The lowest BCUT2D eigenvalue weighted by Gasteiger charge is -2.24. The molecule has 1 atom stereocenters. The molecule has 0 heterocycles. The van der Waals surface area contributed by atoms with Gasteiger partial charge in [0.1, 0.15) is 5.54 Å². The maximum atomic E-state index is 11.2. The van der Waals surface area contributed by atoms with E-state index in [2.05, 4.69) is 5.32 Å². The molecule has 0 aromatic carbocycles. The Hall–Kier alpha value is -1.16. The van der Waals surface area contributed by atoms with E-state index in [1.807, 2.05) is 0 Å². The highest BCUT2D eigenvalue weighted by Gasteiger charge is 2.32. The van der Waals surface area contributed by atoms with Crippen LogP contribution in [0.2, 0.25) is 6.32 Å². The van der Waals surface area contributed by atoms with Gasteiger partial charge in [0.15, 0.2) is 0 Å². The Labute approximate surface area is 118 Å². The van der Waals surface area contributed by atoms with Gasteiger partial charge in [0.2, 0.25) is 0 Å². The van der Waals surface area contributed by atoms with Crippen LogP contribution < -0.4 is 11.1 Å². The fourth-order valence-electron chi connectivity index (χ4n) is 1.83. The molecule has 20 heavy (non-hydrogen) atoms. The van der Waals surface area contributed by atoms with E-state index in [0.29, 0.717) is 25.8 Å². The number of aliphatic carboxylic acids is 2. The second-order valence-electron chi connectivity index (χ2n) is 4.86. The molecular formula is C11H23BN2O6. The first kappa shape index (κ1) is 18.8. The third-order valence-electron chi connectivity index (χ3n) is 3.01. The van der Waals surface area contributed by atoms with Crippen molar-refractivity contribution in [3.8, 4) is 0 Å². The average molecular weight is 290 g/mol. The monoisotopic (exact) mass is 290 g/mol. The SMILES string of the molecule is NC(CCCCB(O)O)(CCCNCC(=O)O)C(=O)O. The minimum atomic E-state index is -1.38. The molecule has 0 spiro atoms. The summed E-state index contributed by atoms with van der Waals surface area (Å²) < 4.78 is 0. The summed E-state index contributed by atoms with van der Waals surface area (Å²) in [5, 5.41) is 37.6. The molecule has 0 saturated heterocycles. The van der Waals surface area contributed by atoms with Gasteiger partial charge in [-0.2, -0.15) is 0 Å². The lowest BCUT2D eigenvalue weighted by Crippen LogP contribution is -2.48. The third kappa shape index (κ3) is 8.86. The summed E-state index contributed by atoms with van der Waals surface area (Å²) in [6.45, 7) is 0.215. The zero-order valence-electron chi connectivity index (χ0n) is 11.4. The zero-order chi connectivity index (χ0) is 15.6. The van der Waals surface area contributed by atoms with Crippen LogP contribution in [-0.2, 0) is 9.59 Å². The number of rotatable bonds is 12. The number of carbonyl (C=O) groups is 2. The van der Waals surface area contributed by atoms with Crippen LogP contribution in [0.1, 0.15) is 32.1 Å². The van der Waals surface area contributed by atoms with Gasteiger partial charge in [0.25, 0.3) is 0 Å². The number of carboxylic acid groups (broad SMARTS) is 2. The summed E-state index contributed by atoms with van der Waals surface area (Å²) in [5.74, 6) is -2.06. The molecule has 0 aliphatic carbocycles. The Bertz CT molecular complexity index is 315. The largest absolute Gasteiger partial charge is 0.480 e. The first-order valence-electron chi connectivity index (χ1n) is 6.59. The van der Waals surface area contributed by atoms with Crippen LogP contribution in [0.3, 0.4) is 0 Å². The van der Waals surface area contributed by atoms with Gasteiger partial charge in [0, 0.05) is 0 Å². The van der Waals surface area contributed by atoms with E-state index in [1.165, 1.54) is 0 Å². The molecule has 0 radical (unpaired) electrons. The van der Waals surface area contributed by atoms with Crippen molar-refractivity contribution in [2.75, 3.05) is 13.1 Å². The summed E-state index contributed by atoms with van der Waals surface area (Å²) >= 11 is 0. The molecule has 0 aromatic rings. The molecule has 0 bridgehead atoms. The summed E-state index contributed by atoms with van der Waals surface area (Å²) in [6, 6.07) is 0. The number of hydrogen-bond donors (Lipinski definition) is 6. The second kappa shape index (κ2) is 9.70. The normalized spacial score (nSPS) is 13.8. The molecule has 0 saturated carbocycles.